The third-order valence-electron chi connectivity index (χ3n) is 3.71. The van der Waals surface area contributed by atoms with Crippen molar-refractivity contribution in [3.8, 4) is 5.75 Å². The normalized spacial score (nSPS) is 22.8. The summed E-state index contributed by atoms with van der Waals surface area (Å²) in [6, 6.07) is 5.03. The Labute approximate surface area is 125 Å². The van der Waals surface area contributed by atoms with E-state index in [9.17, 15) is 4.79 Å². The fourth-order valence-electron chi connectivity index (χ4n) is 2.83. The molecule has 1 fully saturated rings. The van der Waals surface area contributed by atoms with E-state index < -0.39 is 11.6 Å². The van der Waals surface area contributed by atoms with Crippen molar-refractivity contribution in [2.75, 3.05) is 12.8 Å². The van der Waals surface area contributed by atoms with Crippen LogP contribution in [0.1, 0.15) is 44.5 Å². The molecule has 0 saturated carbocycles. The smallest absolute Gasteiger partial charge is 0.342 e. The molecule has 116 valence electrons. The number of nitrogens with two attached hydrogens (primary N) is 1. The third-order valence-corrected chi connectivity index (χ3v) is 3.71. The van der Waals surface area contributed by atoms with Crippen molar-refractivity contribution in [3.05, 3.63) is 23.8 Å². The number of ether oxygens (including phenoxy) is 3. The van der Waals surface area contributed by atoms with Crippen LogP contribution in [-0.4, -0.2) is 30.4 Å². The van der Waals surface area contributed by atoms with E-state index in [1.165, 1.54) is 7.11 Å². The van der Waals surface area contributed by atoms with E-state index in [0.717, 1.165) is 0 Å². The first-order valence-corrected chi connectivity index (χ1v) is 7.00. The van der Waals surface area contributed by atoms with Crippen LogP contribution in [0.25, 0.3) is 0 Å². The molecule has 0 amide bonds. The number of carbonyl (C=O) groups is 1. The summed E-state index contributed by atoms with van der Waals surface area (Å²) in [4.78, 5) is 12.4. The van der Waals surface area contributed by atoms with Gasteiger partial charge < -0.3 is 19.9 Å². The molecule has 2 N–H and O–H groups in total. The van der Waals surface area contributed by atoms with Crippen LogP contribution < -0.4 is 10.5 Å². The lowest BCUT2D eigenvalue weighted by molar-refractivity contribution is -0.0925. The average Bonchev–Trinajstić information content (AvgIpc) is 2.56. The minimum atomic E-state index is -0.521. The fourth-order valence-corrected chi connectivity index (χ4v) is 2.83. The van der Waals surface area contributed by atoms with Gasteiger partial charge in [-0.25, -0.2) is 4.79 Å². The summed E-state index contributed by atoms with van der Waals surface area (Å²) < 4.78 is 16.8. The molecular weight excluding hydrogens is 270 g/mol. The molecular formula is C16H23NO4. The van der Waals surface area contributed by atoms with Gasteiger partial charge in [0.2, 0.25) is 0 Å². The summed E-state index contributed by atoms with van der Waals surface area (Å²) in [7, 11) is 1.48. The summed E-state index contributed by atoms with van der Waals surface area (Å²) in [5.41, 5.74) is 5.73. The first-order chi connectivity index (χ1) is 9.66. The van der Waals surface area contributed by atoms with Gasteiger partial charge >= 0.3 is 5.97 Å². The number of para-hydroxylation sites is 1. The highest BCUT2D eigenvalue weighted by molar-refractivity contribution is 5.94. The molecule has 5 nitrogen and oxygen atoms in total. The number of anilines is 1. The Morgan fingerprint density at radius 2 is 2.00 bits per heavy atom. The van der Waals surface area contributed by atoms with Crippen LogP contribution in [0.3, 0.4) is 0 Å². The molecule has 1 aromatic carbocycles. The molecule has 5 heteroatoms. The molecule has 1 atom stereocenters. The third kappa shape index (κ3) is 3.13. The minimum Gasteiger partial charge on any atom is -0.494 e. The number of hydrogen-bond donors (Lipinski definition) is 1. The highest BCUT2D eigenvalue weighted by Gasteiger charge is 2.48. The zero-order valence-electron chi connectivity index (χ0n) is 13.2. The van der Waals surface area contributed by atoms with Crippen LogP contribution in [0, 0.1) is 0 Å². The Hall–Kier alpha value is -1.75. The summed E-state index contributed by atoms with van der Waals surface area (Å²) in [6.07, 6.45) is 0.335. The van der Waals surface area contributed by atoms with Crippen LogP contribution >= 0.6 is 0 Å². The topological polar surface area (TPSA) is 70.8 Å². The molecule has 1 saturated heterocycles. The lowest BCUT2D eigenvalue weighted by atomic mass is 9.97. The van der Waals surface area contributed by atoms with Crippen molar-refractivity contribution in [2.45, 2.75) is 51.4 Å². The number of esters is 1. The van der Waals surface area contributed by atoms with Gasteiger partial charge in [-0.2, -0.15) is 0 Å². The van der Waals surface area contributed by atoms with Crippen molar-refractivity contribution >= 4 is 11.7 Å². The summed E-state index contributed by atoms with van der Waals surface area (Å²) >= 11 is 0. The van der Waals surface area contributed by atoms with Crippen LogP contribution in [0.5, 0.6) is 5.75 Å². The Morgan fingerprint density at radius 3 is 2.52 bits per heavy atom. The average molecular weight is 293 g/mol. The first kappa shape index (κ1) is 15.6. The first-order valence-electron chi connectivity index (χ1n) is 7.00. The molecule has 21 heavy (non-hydrogen) atoms. The maximum atomic E-state index is 12.4. The number of hydrogen-bond acceptors (Lipinski definition) is 5. The van der Waals surface area contributed by atoms with Crippen LogP contribution in [0.4, 0.5) is 5.69 Å². The molecule has 1 aliphatic heterocycles. The Morgan fingerprint density at radius 1 is 1.33 bits per heavy atom. The van der Waals surface area contributed by atoms with E-state index in [0.29, 0.717) is 23.4 Å². The predicted octanol–water partition coefficient (Wildman–Crippen LogP) is 2.78. The SMILES string of the molecule is COc1c(N)cccc1C(=O)OC1CC(C)(C)OC1(C)C. The van der Waals surface area contributed by atoms with E-state index in [2.05, 4.69) is 0 Å². The molecule has 1 heterocycles. The van der Waals surface area contributed by atoms with E-state index >= 15 is 0 Å². The molecule has 1 unspecified atom stereocenters. The molecule has 1 aromatic rings. The highest BCUT2D eigenvalue weighted by atomic mass is 16.6. The predicted molar refractivity (Wildman–Crippen MR) is 80.5 cm³/mol. The zero-order chi connectivity index (χ0) is 15.8. The van der Waals surface area contributed by atoms with Gasteiger partial charge in [-0.05, 0) is 39.8 Å². The van der Waals surface area contributed by atoms with E-state index in [4.69, 9.17) is 19.9 Å². The van der Waals surface area contributed by atoms with Gasteiger partial charge in [0.25, 0.3) is 0 Å². The van der Waals surface area contributed by atoms with Crippen LogP contribution in [-0.2, 0) is 9.47 Å². The summed E-state index contributed by atoms with van der Waals surface area (Å²) in [5, 5.41) is 0. The summed E-state index contributed by atoms with van der Waals surface area (Å²) in [5.74, 6) is -0.1000. The van der Waals surface area contributed by atoms with Gasteiger partial charge in [0.05, 0.1) is 18.4 Å². The van der Waals surface area contributed by atoms with Crippen molar-refractivity contribution in [1.82, 2.24) is 0 Å². The Bertz CT molecular complexity index is 551. The van der Waals surface area contributed by atoms with Crippen LogP contribution in [0.2, 0.25) is 0 Å². The number of benzene rings is 1. The highest BCUT2D eigenvalue weighted by Crippen LogP contribution is 2.40. The molecule has 0 bridgehead atoms. The van der Waals surface area contributed by atoms with Gasteiger partial charge in [-0.3, -0.25) is 0 Å². The maximum Gasteiger partial charge on any atom is 0.342 e. The number of methoxy groups -OCH3 is 1. The molecule has 0 radical (unpaired) electrons. The largest absolute Gasteiger partial charge is 0.494 e. The second-order valence-corrected chi connectivity index (χ2v) is 6.49. The Kier molecular flexibility index (Phi) is 3.89. The van der Waals surface area contributed by atoms with Crippen molar-refractivity contribution < 1.29 is 19.0 Å². The minimum absolute atomic E-state index is 0.311. The quantitative estimate of drug-likeness (QED) is 0.685. The second kappa shape index (κ2) is 5.22. The fraction of sp³-hybridized carbons (Fsp3) is 0.562. The van der Waals surface area contributed by atoms with Gasteiger partial charge in [0.15, 0.2) is 5.75 Å². The number of rotatable bonds is 3. The lowest BCUT2D eigenvalue weighted by Crippen LogP contribution is -2.36. The standard InChI is InChI=1S/C16H23NO4/c1-15(2)9-12(16(3,4)21-15)20-14(18)10-7-6-8-11(17)13(10)19-5/h6-8,12H,9,17H2,1-5H3. The second-order valence-electron chi connectivity index (χ2n) is 6.49. The lowest BCUT2D eigenvalue weighted by Gasteiger charge is -2.27. The molecule has 0 aromatic heterocycles. The van der Waals surface area contributed by atoms with Gasteiger partial charge in [-0.1, -0.05) is 6.07 Å². The summed E-state index contributed by atoms with van der Waals surface area (Å²) in [6.45, 7) is 7.83. The van der Waals surface area contributed by atoms with E-state index in [1.807, 2.05) is 27.7 Å². The van der Waals surface area contributed by atoms with E-state index in [-0.39, 0.29) is 11.7 Å². The van der Waals surface area contributed by atoms with Crippen LogP contribution in [0.15, 0.2) is 18.2 Å². The van der Waals surface area contributed by atoms with Crippen molar-refractivity contribution in [2.24, 2.45) is 0 Å². The van der Waals surface area contributed by atoms with Gasteiger partial charge in [0.1, 0.15) is 17.3 Å². The van der Waals surface area contributed by atoms with Crippen molar-refractivity contribution in [1.29, 1.82) is 0 Å². The van der Waals surface area contributed by atoms with Gasteiger partial charge in [0, 0.05) is 6.42 Å². The molecule has 0 spiro atoms. The molecule has 1 aliphatic rings. The number of nitrogen functional groups attached to an aromatic ring is 1. The molecule has 0 aliphatic carbocycles. The zero-order valence-corrected chi connectivity index (χ0v) is 13.2. The monoisotopic (exact) mass is 293 g/mol. The maximum absolute atomic E-state index is 12.4. The molecule has 2 rings (SSSR count). The van der Waals surface area contributed by atoms with Gasteiger partial charge in [-0.15, -0.1) is 0 Å². The Balaban J connectivity index is 2.21. The van der Waals surface area contributed by atoms with Crippen molar-refractivity contribution in [3.63, 3.8) is 0 Å². The van der Waals surface area contributed by atoms with E-state index in [1.54, 1.807) is 18.2 Å². The number of carbonyl (C=O) groups excluding carboxylic acids is 1.